The molecule has 6 heteroatoms. The number of aryl methyl sites for hydroxylation is 2. The quantitative estimate of drug-likeness (QED) is 0.890. The van der Waals surface area contributed by atoms with E-state index in [9.17, 15) is 4.79 Å². The van der Waals surface area contributed by atoms with E-state index >= 15 is 0 Å². The number of hydrogen-bond acceptors (Lipinski definition) is 4. The highest BCUT2D eigenvalue weighted by molar-refractivity contribution is 7.13. The Bertz CT molecular complexity index is 674. The summed E-state index contributed by atoms with van der Waals surface area (Å²) in [5.41, 5.74) is 8.19. The van der Waals surface area contributed by atoms with E-state index in [4.69, 9.17) is 5.73 Å². The Labute approximate surface area is 134 Å². The van der Waals surface area contributed by atoms with Crippen LogP contribution in [0.15, 0.2) is 5.38 Å². The Hall–Kier alpha value is -1.69. The number of rotatable bonds is 6. The van der Waals surface area contributed by atoms with E-state index in [1.807, 2.05) is 4.68 Å². The van der Waals surface area contributed by atoms with E-state index < -0.39 is 0 Å². The number of fused-ring (bicyclic) bond motifs is 1. The van der Waals surface area contributed by atoms with Crippen LogP contribution in [0.3, 0.4) is 0 Å². The van der Waals surface area contributed by atoms with Gasteiger partial charge in [-0.05, 0) is 48.6 Å². The highest BCUT2D eigenvalue weighted by Crippen LogP contribution is 2.36. The zero-order valence-corrected chi connectivity index (χ0v) is 13.8. The Balaban J connectivity index is 1.98. The van der Waals surface area contributed by atoms with E-state index in [0.717, 1.165) is 31.6 Å². The molecule has 1 aliphatic rings. The van der Waals surface area contributed by atoms with Gasteiger partial charge in [-0.2, -0.15) is 5.10 Å². The van der Waals surface area contributed by atoms with Crippen molar-refractivity contribution in [3.63, 3.8) is 0 Å². The number of amides is 1. The predicted molar refractivity (Wildman–Crippen MR) is 87.8 cm³/mol. The summed E-state index contributed by atoms with van der Waals surface area (Å²) in [6, 6.07) is 0. The van der Waals surface area contributed by atoms with Crippen LogP contribution in [0.4, 0.5) is 0 Å². The molecular weight excluding hydrogens is 296 g/mol. The topological polar surface area (TPSA) is 73.8 Å². The first-order valence-corrected chi connectivity index (χ1v) is 8.88. The first kappa shape index (κ1) is 15.2. The van der Waals surface area contributed by atoms with E-state index in [-0.39, 0.29) is 12.3 Å². The molecular formula is C16H22N4OS. The van der Waals surface area contributed by atoms with Gasteiger partial charge in [-0.1, -0.05) is 13.3 Å². The molecule has 5 nitrogen and oxygen atoms in total. The molecule has 3 rings (SSSR count). The van der Waals surface area contributed by atoms with Crippen molar-refractivity contribution in [1.82, 2.24) is 14.8 Å². The fourth-order valence-electron chi connectivity index (χ4n) is 2.96. The van der Waals surface area contributed by atoms with Gasteiger partial charge in [0.2, 0.25) is 5.91 Å². The summed E-state index contributed by atoms with van der Waals surface area (Å²) in [6.07, 6.45) is 7.09. The monoisotopic (exact) mass is 318 g/mol. The van der Waals surface area contributed by atoms with Crippen molar-refractivity contribution >= 4 is 17.2 Å². The lowest BCUT2D eigenvalue weighted by Crippen LogP contribution is -2.14. The Morgan fingerprint density at radius 3 is 3.00 bits per heavy atom. The standard InChI is InChI=1S/C16H22N4OS/c1-2-3-8-20-16(18-14(19-20)9-13(17)21)15-12-7-5-4-6-11(12)10-22-15/h10H,2-9H2,1H3,(H2,17,21). The molecule has 2 aromatic heterocycles. The third-order valence-electron chi connectivity index (χ3n) is 4.08. The average Bonchev–Trinajstić information content (AvgIpc) is 3.08. The summed E-state index contributed by atoms with van der Waals surface area (Å²) in [7, 11) is 0. The fourth-order valence-corrected chi connectivity index (χ4v) is 4.11. The van der Waals surface area contributed by atoms with Crippen LogP contribution in [-0.2, 0) is 30.6 Å². The van der Waals surface area contributed by atoms with Gasteiger partial charge in [-0.3, -0.25) is 4.79 Å². The van der Waals surface area contributed by atoms with Crippen LogP contribution in [-0.4, -0.2) is 20.7 Å². The summed E-state index contributed by atoms with van der Waals surface area (Å²) >= 11 is 1.76. The number of nitrogens with two attached hydrogens (primary N) is 1. The van der Waals surface area contributed by atoms with Crippen LogP contribution in [0.2, 0.25) is 0 Å². The number of primary amides is 1. The third-order valence-corrected chi connectivity index (χ3v) is 5.15. The first-order chi connectivity index (χ1) is 10.7. The maximum atomic E-state index is 11.2. The van der Waals surface area contributed by atoms with Gasteiger partial charge in [0.05, 0.1) is 11.3 Å². The zero-order chi connectivity index (χ0) is 15.5. The third kappa shape index (κ3) is 3.06. The smallest absolute Gasteiger partial charge is 0.225 e. The fraction of sp³-hybridized carbons (Fsp3) is 0.562. The number of nitrogens with zero attached hydrogens (tertiary/aromatic N) is 3. The minimum Gasteiger partial charge on any atom is -0.369 e. The van der Waals surface area contributed by atoms with Crippen LogP contribution < -0.4 is 5.73 Å². The van der Waals surface area contributed by atoms with Crippen LogP contribution in [0.5, 0.6) is 0 Å². The van der Waals surface area contributed by atoms with Crippen LogP contribution in [0.1, 0.15) is 49.6 Å². The number of carbonyl (C=O) groups is 1. The highest BCUT2D eigenvalue weighted by Gasteiger charge is 2.21. The molecule has 2 N–H and O–H groups in total. The molecule has 0 fully saturated rings. The van der Waals surface area contributed by atoms with E-state index in [2.05, 4.69) is 22.4 Å². The molecule has 2 aromatic rings. The molecule has 118 valence electrons. The second kappa shape index (κ2) is 6.60. The maximum absolute atomic E-state index is 11.2. The SMILES string of the molecule is CCCCn1nc(CC(N)=O)nc1-c1scc2c1CCCC2. The Morgan fingerprint density at radius 2 is 2.23 bits per heavy atom. The molecule has 1 aliphatic carbocycles. The van der Waals surface area contributed by atoms with Crippen LogP contribution in [0.25, 0.3) is 10.7 Å². The highest BCUT2D eigenvalue weighted by atomic mass is 32.1. The number of carbonyl (C=O) groups excluding carboxylic acids is 1. The zero-order valence-electron chi connectivity index (χ0n) is 13.0. The van der Waals surface area contributed by atoms with Gasteiger partial charge in [-0.25, -0.2) is 9.67 Å². The minimum absolute atomic E-state index is 0.111. The van der Waals surface area contributed by atoms with Crippen LogP contribution >= 0.6 is 11.3 Å². The maximum Gasteiger partial charge on any atom is 0.225 e. The van der Waals surface area contributed by atoms with E-state index in [1.54, 1.807) is 11.3 Å². The van der Waals surface area contributed by atoms with Crippen molar-refractivity contribution in [1.29, 1.82) is 0 Å². The molecule has 0 aliphatic heterocycles. The molecule has 0 bridgehead atoms. The number of aromatic nitrogens is 3. The van der Waals surface area contributed by atoms with Crippen molar-refractivity contribution in [2.75, 3.05) is 0 Å². The van der Waals surface area contributed by atoms with Gasteiger partial charge < -0.3 is 5.73 Å². The first-order valence-electron chi connectivity index (χ1n) is 8.00. The Morgan fingerprint density at radius 1 is 1.41 bits per heavy atom. The molecule has 22 heavy (non-hydrogen) atoms. The minimum atomic E-state index is -0.382. The van der Waals surface area contributed by atoms with E-state index in [1.165, 1.54) is 35.3 Å². The second-order valence-corrected chi connectivity index (χ2v) is 6.73. The lowest BCUT2D eigenvalue weighted by Gasteiger charge is -2.13. The number of thiophene rings is 1. The van der Waals surface area contributed by atoms with Crippen molar-refractivity contribution < 1.29 is 4.79 Å². The molecule has 0 radical (unpaired) electrons. The normalized spacial score (nSPS) is 14.0. The average molecular weight is 318 g/mol. The predicted octanol–water partition coefficient (Wildman–Crippen LogP) is 2.71. The Kier molecular flexibility index (Phi) is 4.57. The lowest BCUT2D eigenvalue weighted by molar-refractivity contribution is -0.117. The molecule has 0 atom stereocenters. The van der Waals surface area contributed by atoms with Gasteiger partial charge in [0.25, 0.3) is 0 Å². The number of unbranched alkanes of at least 4 members (excludes halogenated alkanes) is 1. The molecule has 2 heterocycles. The van der Waals surface area contributed by atoms with Gasteiger partial charge in [0, 0.05) is 6.54 Å². The second-order valence-electron chi connectivity index (χ2n) is 5.85. The van der Waals surface area contributed by atoms with Crippen molar-refractivity contribution in [3.05, 3.63) is 22.3 Å². The molecule has 0 spiro atoms. The van der Waals surface area contributed by atoms with Crippen LogP contribution in [0, 0.1) is 0 Å². The summed E-state index contributed by atoms with van der Waals surface area (Å²) in [5.74, 6) is 1.07. The van der Waals surface area contributed by atoms with Gasteiger partial charge in [0.15, 0.2) is 11.6 Å². The molecule has 0 saturated carbocycles. The van der Waals surface area contributed by atoms with E-state index in [0.29, 0.717) is 5.82 Å². The summed E-state index contributed by atoms with van der Waals surface area (Å²) < 4.78 is 1.96. The largest absolute Gasteiger partial charge is 0.369 e. The molecule has 0 unspecified atom stereocenters. The van der Waals surface area contributed by atoms with Gasteiger partial charge in [0.1, 0.15) is 0 Å². The number of hydrogen-bond donors (Lipinski definition) is 1. The molecule has 0 saturated heterocycles. The van der Waals surface area contributed by atoms with Crippen molar-refractivity contribution in [2.24, 2.45) is 5.73 Å². The molecule has 1 amide bonds. The summed E-state index contributed by atoms with van der Waals surface area (Å²) in [5, 5.41) is 6.76. The van der Waals surface area contributed by atoms with Gasteiger partial charge >= 0.3 is 0 Å². The van der Waals surface area contributed by atoms with Gasteiger partial charge in [-0.15, -0.1) is 11.3 Å². The summed E-state index contributed by atoms with van der Waals surface area (Å²) in [4.78, 5) is 17.0. The summed E-state index contributed by atoms with van der Waals surface area (Å²) in [6.45, 7) is 3.00. The van der Waals surface area contributed by atoms with Crippen molar-refractivity contribution in [2.45, 2.75) is 58.4 Å². The molecule has 0 aromatic carbocycles. The lowest BCUT2D eigenvalue weighted by atomic mass is 9.94. The van der Waals surface area contributed by atoms with Crippen molar-refractivity contribution in [3.8, 4) is 10.7 Å².